The average Bonchev–Trinajstić information content (AvgIpc) is 2.81. The highest BCUT2D eigenvalue weighted by molar-refractivity contribution is 14.0. The maximum absolute atomic E-state index is 12.8. The van der Waals surface area contributed by atoms with Gasteiger partial charge in [0.1, 0.15) is 17.9 Å². The minimum Gasteiger partial charge on any atom is -0.444 e. The Hall–Kier alpha value is -1.30. The van der Waals surface area contributed by atoms with Gasteiger partial charge in [0.05, 0.1) is 12.1 Å². The van der Waals surface area contributed by atoms with Gasteiger partial charge in [-0.15, -0.1) is 24.0 Å². The molecular weight excluding hydrogens is 501 g/mol. The van der Waals surface area contributed by atoms with Gasteiger partial charge in [-0.2, -0.15) is 0 Å². The summed E-state index contributed by atoms with van der Waals surface area (Å²) in [4.78, 5) is 30.6. The Morgan fingerprint density at radius 2 is 1.80 bits per heavy atom. The zero-order valence-corrected chi connectivity index (χ0v) is 22.0. The fourth-order valence-electron chi connectivity index (χ4n) is 3.14. The van der Waals surface area contributed by atoms with Gasteiger partial charge < -0.3 is 25.4 Å². The minimum atomic E-state index is -0.788. The molecule has 1 aliphatic heterocycles. The smallest absolute Gasteiger partial charge is 0.412 e. The number of hydrogen-bond donors (Lipinski definition) is 3. The number of aliphatic imine (C=N–C) groups is 1. The van der Waals surface area contributed by atoms with Crippen LogP contribution < -0.4 is 16.0 Å². The van der Waals surface area contributed by atoms with E-state index in [4.69, 9.17) is 9.47 Å². The van der Waals surface area contributed by atoms with E-state index in [0.29, 0.717) is 25.6 Å². The highest BCUT2D eigenvalue weighted by Crippen LogP contribution is 2.33. The number of ether oxygens (including phenoxy) is 2. The molecule has 2 unspecified atom stereocenters. The van der Waals surface area contributed by atoms with Crippen LogP contribution in [0.4, 0.5) is 4.79 Å². The molecule has 0 bridgehead atoms. The van der Waals surface area contributed by atoms with Crippen molar-refractivity contribution in [3.63, 3.8) is 0 Å². The number of halogens is 1. The standard InChI is InChI=1S/C20H39N5O4.HI/c1-9-11-22-16(26)13-24-17(21-10-2)23-12-15-14(3)28-20(7,8)25(15)18(27)29-19(4,5)6;/h14-15H,9-13H2,1-8H3,(H,22,26)(H2,21,23,24);1H. The Bertz CT molecular complexity index is 592. The first-order valence-corrected chi connectivity index (χ1v) is 10.4. The fraction of sp³-hybridized carbons (Fsp3) is 0.850. The van der Waals surface area contributed by atoms with Crippen molar-refractivity contribution >= 4 is 41.9 Å². The van der Waals surface area contributed by atoms with Crippen LogP contribution in [0.3, 0.4) is 0 Å². The van der Waals surface area contributed by atoms with Crippen molar-refractivity contribution in [2.75, 3.05) is 26.2 Å². The zero-order valence-electron chi connectivity index (χ0n) is 19.6. The molecule has 0 aromatic heterocycles. The van der Waals surface area contributed by atoms with Crippen molar-refractivity contribution in [2.45, 2.75) is 85.3 Å². The van der Waals surface area contributed by atoms with Crippen LogP contribution in [-0.4, -0.2) is 72.5 Å². The number of nitrogens with zero attached hydrogens (tertiary/aromatic N) is 2. The van der Waals surface area contributed by atoms with E-state index in [0.717, 1.165) is 6.42 Å². The highest BCUT2D eigenvalue weighted by atomic mass is 127. The lowest BCUT2D eigenvalue weighted by Crippen LogP contribution is -2.54. The van der Waals surface area contributed by atoms with Gasteiger partial charge in [-0.1, -0.05) is 6.92 Å². The van der Waals surface area contributed by atoms with E-state index in [-0.39, 0.29) is 48.6 Å². The molecule has 1 aliphatic rings. The Morgan fingerprint density at radius 1 is 1.17 bits per heavy atom. The molecule has 0 spiro atoms. The predicted octanol–water partition coefficient (Wildman–Crippen LogP) is 2.45. The molecule has 2 amide bonds. The van der Waals surface area contributed by atoms with Gasteiger partial charge in [-0.3, -0.25) is 9.69 Å². The van der Waals surface area contributed by atoms with Crippen molar-refractivity contribution in [1.29, 1.82) is 0 Å². The lowest BCUT2D eigenvalue weighted by molar-refractivity contribution is -0.119. The van der Waals surface area contributed by atoms with Crippen molar-refractivity contribution in [3.8, 4) is 0 Å². The number of rotatable bonds is 7. The maximum Gasteiger partial charge on any atom is 0.412 e. The van der Waals surface area contributed by atoms with E-state index >= 15 is 0 Å². The fourth-order valence-corrected chi connectivity index (χ4v) is 3.14. The number of nitrogens with one attached hydrogen (secondary N) is 3. The van der Waals surface area contributed by atoms with E-state index in [1.807, 2.05) is 55.4 Å². The van der Waals surface area contributed by atoms with E-state index < -0.39 is 17.4 Å². The molecule has 1 fully saturated rings. The number of carbonyl (C=O) groups excluding carboxylic acids is 2. The first kappa shape index (κ1) is 28.7. The largest absolute Gasteiger partial charge is 0.444 e. The summed E-state index contributed by atoms with van der Waals surface area (Å²) in [5.74, 6) is 0.387. The van der Waals surface area contributed by atoms with Crippen molar-refractivity contribution in [1.82, 2.24) is 20.9 Å². The van der Waals surface area contributed by atoms with E-state index in [1.165, 1.54) is 0 Å². The van der Waals surface area contributed by atoms with Crippen LogP contribution in [-0.2, 0) is 14.3 Å². The first-order chi connectivity index (χ1) is 13.4. The first-order valence-electron chi connectivity index (χ1n) is 10.4. The predicted molar refractivity (Wildman–Crippen MR) is 129 cm³/mol. The van der Waals surface area contributed by atoms with Crippen molar-refractivity contribution in [2.24, 2.45) is 4.99 Å². The molecular formula is C20H40IN5O4. The molecule has 0 saturated carbocycles. The van der Waals surface area contributed by atoms with E-state index in [1.54, 1.807) is 4.90 Å². The Balaban J connectivity index is 0.00000841. The van der Waals surface area contributed by atoms with E-state index in [2.05, 4.69) is 20.9 Å². The average molecular weight is 541 g/mol. The molecule has 10 heteroatoms. The molecule has 30 heavy (non-hydrogen) atoms. The molecule has 3 N–H and O–H groups in total. The summed E-state index contributed by atoms with van der Waals surface area (Å²) in [5.41, 5.74) is -1.39. The van der Waals surface area contributed by atoms with Crippen molar-refractivity contribution in [3.05, 3.63) is 0 Å². The molecule has 0 aromatic rings. The number of guanidine groups is 1. The Kier molecular flexibility index (Phi) is 12.0. The SMILES string of the molecule is CCCNC(=O)CN=C(NCC)NCC1C(C)OC(C)(C)N1C(=O)OC(C)(C)C.I. The second-order valence-corrected chi connectivity index (χ2v) is 8.61. The Labute approximate surface area is 198 Å². The quantitative estimate of drug-likeness (QED) is 0.260. The molecule has 176 valence electrons. The molecule has 0 radical (unpaired) electrons. The molecule has 0 aliphatic carbocycles. The summed E-state index contributed by atoms with van der Waals surface area (Å²) in [5, 5.41) is 9.14. The molecule has 0 aromatic carbocycles. The van der Waals surface area contributed by atoms with Crippen LogP contribution in [0.5, 0.6) is 0 Å². The third kappa shape index (κ3) is 9.23. The zero-order chi connectivity index (χ0) is 22.2. The summed E-state index contributed by atoms with van der Waals surface area (Å²) in [7, 11) is 0. The molecule has 2 atom stereocenters. The highest BCUT2D eigenvalue weighted by Gasteiger charge is 2.49. The van der Waals surface area contributed by atoms with Crippen LogP contribution in [0.1, 0.15) is 61.8 Å². The second-order valence-electron chi connectivity index (χ2n) is 8.61. The molecule has 9 nitrogen and oxygen atoms in total. The van der Waals surface area contributed by atoms with Crippen molar-refractivity contribution < 1.29 is 19.1 Å². The topological polar surface area (TPSA) is 104 Å². The van der Waals surface area contributed by atoms with Crippen LogP contribution in [0.15, 0.2) is 4.99 Å². The third-order valence-electron chi connectivity index (χ3n) is 4.29. The van der Waals surface area contributed by atoms with Crippen LogP contribution >= 0.6 is 24.0 Å². The Morgan fingerprint density at radius 3 is 2.33 bits per heavy atom. The molecule has 1 rings (SSSR count). The summed E-state index contributed by atoms with van der Waals surface area (Å²) in [6, 6.07) is -0.252. The third-order valence-corrected chi connectivity index (χ3v) is 4.29. The van der Waals surface area contributed by atoms with Gasteiger partial charge in [0.25, 0.3) is 0 Å². The van der Waals surface area contributed by atoms with Gasteiger partial charge in [0.2, 0.25) is 5.91 Å². The summed E-state index contributed by atoms with van der Waals surface area (Å²) in [6.07, 6.45) is 0.268. The van der Waals surface area contributed by atoms with Crippen LogP contribution in [0.2, 0.25) is 0 Å². The number of hydrogen-bond acceptors (Lipinski definition) is 5. The van der Waals surface area contributed by atoms with Gasteiger partial charge in [-0.25, -0.2) is 9.79 Å². The summed E-state index contributed by atoms with van der Waals surface area (Å²) in [6.45, 7) is 16.8. The lowest BCUT2D eigenvalue weighted by atomic mass is 10.1. The summed E-state index contributed by atoms with van der Waals surface area (Å²) >= 11 is 0. The second kappa shape index (κ2) is 12.5. The molecule has 1 saturated heterocycles. The maximum atomic E-state index is 12.8. The summed E-state index contributed by atoms with van der Waals surface area (Å²) < 4.78 is 11.6. The van der Waals surface area contributed by atoms with Gasteiger partial charge >= 0.3 is 6.09 Å². The number of carbonyl (C=O) groups is 2. The minimum absolute atomic E-state index is 0. The lowest BCUT2D eigenvalue weighted by Gasteiger charge is -2.35. The van der Waals surface area contributed by atoms with Gasteiger partial charge in [-0.05, 0) is 54.9 Å². The normalized spacial score (nSPS) is 20.9. The van der Waals surface area contributed by atoms with Crippen LogP contribution in [0.25, 0.3) is 0 Å². The van der Waals surface area contributed by atoms with Gasteiger partial charge in [0.15, 0.2) is 5.96 Å². The van der Waals surface area contributed by atoms with Crippen LogP contribution in [0, 0.1) is 0 Å². The monoisotopic (exact) mass is 541 g/mol. The molecule has 1 heterocycles. The van der Waals surface area contributed by atoms with Gasteiger partial charge in [0, 0.05) is 19.6 Å². The number of amides is 2. The van der Waals surface area contributed by atoms with E-state index in [9.17, 15) is 9.59 Å².